The first-order chi connectivity index (χ1) is 8.88. The normalized spacial score (nSPS) is 26.3. The number of benzene rings is 1. The van der Waals surface area contributed by atoms with E-state index in [1.54, 1.807) is 11.1 Å². The number of fused-ring (bicyclic) bond motifs is 3. The third-order valence-electron chi connectivity index (χ3n) is 4.68. The standard InChI is InChI=1S/C17H24O/c1-2-11-18-15-10-9-14-8-7-13-5-3-4-6-16(13)17(14)12-15/h9-10,12-13,16H,2-8,11H2,1H3. The molecule has 3 rings (SSSR count). The molecular weight excluding hydrogens is 220 g/mol. The third kappa shape index (κ3) is 2.28. The molecule has 1 saturated carbocycles. The van der Waals surface area contributed by atoms with E-state index in [0.29, 0.717) is 0 Å². The number of ether oxygens (including phenoxy) is 1. The average Bonchev–Trinajstić information content (AvgIpc) is 2.45. The highest BCUT2D eigenvalue weighted by Gasteiger charge is 2.31. The second kappa shape index (κ2) is 5.34. The van der Waals surface area contributed by atoms with Crippen LogP contribution in [-0.4, -0.2) is 6.61 Å². The summed E-state index contributed by atoms with van der Waals surface area (Å²) in [5, 5.41) is 0. The van der Waals surface area contributed by atoms with Gasteiger partial charge in [-0.25, -0.2) is 0 Å². The molecule has 0 aliphatic heterocycles. The van der Waals surface area contributed by atoms with E-state index in [0.717, 1.165) is 30.6 Å². The average molecular weight is 244 g/mol. The van der Waals surface area contributed by atoms with Crippen molar-refractivity contribution in [2.24, 2.45) is 5.92 Å². The van der Waals surface area contributed by atoms with Gasteiger partial charge in [-0.1, -0.05) is 25.8 Å². The molecular formula is C17H24O. The van der Waals surface area contributed by atoms with Crippen molar-refractivity contribution in [2.45, 2.75) is 57.8 Å². The van der Waals surface area contributed by atoms with Gasteiger partial charge in [0.05, 0.1) is 6.61 Å². The molecule has 0 N–H and O–H groups in total. The quantitative estimate of drug-likeness (QED) is 0.749. The van der Waals surface area contributed by atoms with Crippen LogP contribution < -0.4 is 4.74 Å². The van der Waals surface area contributed by atoms with Crippen molar-refractivity contribution < 1.29 is 4.74 Å². The lowest BCUT2D eigenvalue weighted by Gasteiger charge is -2.37. The van der Waals surface area contributed by atoms with E-state index in [1.807, 2.05) is 0 Å². The maximum Gasteiger partial charge on any atom is 0.119 e. The molecule has 98 valence electrons. The second-order valence-corrected chi connectivity index (χ2v) is 5.90. The van der Waals surface area contributed by atoms with Gasteiger partial charge in [0.15, 0.2) is 0 Å². The number of rotatable bonds is 3. The molecule has 2 aliphatic carbocycles. The van der Waals surface area contributed by atoms with Crippen LogP contribution >= 0.6 is 0 Å². The van der Waals surface area contributed by atoms with Gasteiger partial charge >= 0.3 is 0 Å². The van der Waals surface area contributed by atoms with Crippen LogP contribution in [0.4, 0.5) is 0 Å². The molecule has 0 bridgehead atoms. The van der Waals surface area contributed by atoms with Crippen molar-refractivity contribution in [2.75, 3.05) is 6.61 Å². The summed E-state index contributed by atoms with van der Waals surface area (Å²) in [4.78, 5) is 0. The fourth-order valence-electron chi connectivity index (χ4n) is 3.76. The second-order valence-electron chi connectivity index (χ2n) is 5.90. The zero-order chi connectivity index (χ0) is 12.4. The van der Waals surface area contributed by atoms with Gasteiger partial charge in [-0.05, 0) is 67.2 Å². The lowest BCUT2D eigenvalue weighted by atomic mass is 9.68. The Bertz CT molecular complexity index is 410. The van der Waals surface area contributed by atoms with Crippen LogP contribution in [0.5, 0.6) is 5.75 Å². The zero-order valence-electron chi connectivity index (χ0n) is 11.5. The first-order valence-corrected chi connectivity index (χ1v) is 7.64. The molecule has 18 heavy (non-hydrogen) atoms. The fourth-order valence-corrected chi connectivity index (χ4v) is 3.76. The first kappa shape index (κ1) is 12.1. The molecule has 2 aliphatic rings. The van der Waals surface area contributed by atoms with Crippen LogP contribution in [0, 0.1) is 5.92 Å². The van der Waals surface area contributed by atoms with E-state index in [4.69, 9.17) is 4.74 Å². The summed E-state index contributed by atoms with van der Waals surface area (Å²) in [5.74, 6) is 2.86. The molecule has 2 atom stereocenters. The Balaban J connectivity index is 1.85. The van der Waals surface area contributed by atoms with Crippen molar-refractivity contribution in [3.8, 4) is 5.75 Å². The lowest BCUT2D eigenvalue weighted by molar-refractivity contribution is 0.273. The van der Waals surface area contributed by atoms with E-state index >= 15 is 0 Å². The van der Waals surface area contributed by atoms with Gasteiger partial charge in [0.2, 0.25) is 0 Å². The molecule has 1 heteroatoms. The van der Waals surface area contributed by atoms with Crippen molar-refractivity contribution in [3.05, 3.63) is 29.3 Å². The Morgan fingerprint density at radius 3 is 2.94 bits per heavy atom. The van der Waals surface area contributed by atoms with Gasteiger partial charge in [0, 0.05) is 0 Å². The summed E-state index contributed by atoms with van der Waals surface area (Å²) in [5.41, 5.74) is 3.20. The number of hydrogen-bond donors (Lipinski definition) is 0. The SMILES string of the molecule is CCCOc1ccc2c(c1)C1CCCCC1CC2. The maximum atomic E-state index is 5.80. The molecule has 0 saturated heterocycles. The minimum absolute atomic E-state index is 0.827. The Morgan fingerprint density at radius 1 is 1.17 bits per heavy atom. The third-order valence-corrected chi connectivity index (χ3v) is 4.68. The van der Waals surface area contributed by atoms with Gasteiger partial charge in [-0.15, -0.1) is 0 Å². The Labute approximate surface area is 111 Å². The molecule has 1 aromatic rings. The molecule has 0 spiro atoms. The van der Waals surface area contributed by atoms with Crippen LogP contribution in [0.1, 0.15) is 62.5 Å². The van der Waals surface area contributed by atoms with Gasteiger partial charge in [0.25, 0.3) is 0 Å². The maximum absolute atomic E-state index is 5.80. The number of hydrogen-bond acceptors (Lipinski definition) is 1. The van der Waals surface area contributed by atoms with E-state index in [1.165, 1.54) is 38.5 Å². The molecule has 0 radical (unpaired) electrons. The van der Waals surface area contributed by atoms with E-state index < -0.39 is 0 Å². The molecule has 0 amide bonds. The Hall–Kier alpha value is -0.980. The molecule has 0 aromatic heterocycles. The molecule has 1 fully saturated rings. The van der Waals surface area contributed by atoms with Crippen LogP contribution in [0.25, 0.3) is 0 Å². The molecule has 1 aromatic carbocycles. The summed E-state index contributed by atoms with van der Waals surface area (Å²) in [6.07, 6.45) is 9.49. The predicted molar refractivity (Wildman–Crippen MR) is 75.2 cm³/mol. The summed E-state index contributed by atoms with van der Waals surface area (Å²) in [6, 6.07) is 6.82. The first-order valence-electron chi connectivity index (χ1n) is 7.64. The van der Waals surface area contributed by atoms with E-state index in [2.05, 4.69) is 25.1 Å². The summed E-state index contributed by atoms with van der Waals surface area (Å²) in [6.45, 7) is 3.00. The molecule has 2 unspecified atom stereocenters. The lowest BCUT2D eigenvalue weighted by Crippen LogP contribution is -2.23. The van der Waals surface area contributed by atoms with Crippen LogP contribution in [0.2, 0.25) is 0 Å². The van der Waals surface area contributed by atoms with Crippen LogP contribution in [0.15, 0.2) is 18.2 Å². The van der Waals surface area contributed by atoms with Gasteiger partial charge in [-0.3, -0.25) is 0 Å². The summed E-state index contributed by atoms with van der Waals surface area (Å²) in [7, 11) is 0. The summed E-state index contributed by atoms with van der Waals surface area (Å²) >= 11 is 0. The topological polar surface area (TPSA) is 9.23 Å². The molecule has 1 nitrogen and oxygen atoms in total. The summed E-state index contributed by atoms with van der Waals surface area (Å²) < 4.78 is 5.80. The van der Waals surface area contributed by atoms with E-state index in [-0.39, 0.29) is 0 Å². The Morgan fingerprint density at radius 2 is 2.06 bits per heavy atom. The van der Waals surface area contributed by atoms with Crippen molar-refractivity contribution >= 4 is 0 Å². The smallest absolute Gasteiger partial charge is 0.119 e. The monoisotopic (exact) mass is 244 g/mol. The Kier molecular flexibility index (Phi) is 3.58. The van der Waals surface area contributed by atoms with Crippen molar-refractivity contribution in [3.63, 3.8) is 0 Å². The molecule has 0 heterocycles. The highest BCUT2D eigenvalue weighted by atomic mass is 16.5. The van der Waals surface area contributed by atoms with Crippen LogP contribution in [0.3, 0.4) is 0 Å². The van der Waals surface area contributed by atoms with Gasteiger partial charge < -0.3 is 4.74 Å². The van der Waals surface area contributed by atoms with Crippen molar-refractivity contribution in [1.82, 2.24) is 0 Å². The highest BCUT2D eigenvalue weighted by Crippen LogP contribution is 2.45. The minimum Gasteiger partial charge on any atom is -0.494 e. The minimum atomic E-state index is 0.827. The van der Waals surface area contributed by atoms with E-state index in [9.17, 15) is 0 Å². The van der Waals surface area contributed by atoms with Crippen molar-refractivity contribution in [1.29, 1.82) is 0 Å². The van der Waals surface area contributed by atoms with Crippen LogP contribution in [-0.2, 0) is 6.42 Å². The predicted octanol–water partition coefficient (Wildman–Crippen LogP) is 4.70. The highest BCUT2D eigenvalue weighted by molar-refractivity contribution is 5.40. The van der Waals surface area contributed by atoms with Gasteiger partial charge in [-0.2, -0.15) is 0 Å². The largest absolute Gasteiger partial charge is 0.494 e. The van der Waals surface area contributed by atoms with Gasteiger partial charge in [0.1, 0.15) is 5.75 Å². The fraction of sp³-hybridized carbons (Fsp3) is 0.647. The zero-order valence-corrected chi connectivity index (χ0v) is 11.5. The number of aryl methyl sites for hydroxylation is 1.